The largest absolute Gasteiger partial charge is 0.342 e. The first-order valence-electron chi connectivity index (χ1n) is 7.00. The van der Waals surface area contributed by atoms with Gasteiger partial charge in [-0.15, -0.1) is 11.8 Å². The summed E-state index contributed by atoms with van der Waals surface area (Å²) in [6.07, 6.45) is 2.12. The fourth-order valence-corrected chi connectivity index (χ4v) is 3.35. The van der Waals surface area contributed by atoms with Crippen LogP contribution in [0.4, 0.5) is 0 Å². The topological polar surface area (TPSA) is 49.4 Å². The summed E-state index contributed by atoms with van der Waals surface area (Å²) in [6.45, 7) is 0.840. The molecule has 2 amide bonds. The summed E-state index contributed by atoms with van der Waals surface area (Å²) in [6, 6.07) is 9.85. The average Bonchev–Trinajstić information content (AvgIpc) is 3.28. The van der Waals surface area contributed by atoms with Crippen molar-refractivity contribution in [3.8, 4) is 0 Å². The molecule has 2 fully saturated rings. The molecule has 1 N–H and O–H groups in total. The SMILES string of the molecule is O=C1CN(CCSc2ccccc2)C(=O)C(C2CC2)N1. The first-order valence-corrected chi connectivity index (χ1v) is 7.98. The number of hydrogen-bond donors (Lipinski definition) is 1. The van der Waals surface area contributed by atoms with Gasteiger partial charge in [0.05, 0.1) is 6.54 Å². The maximum absolute atomic E-state index is 12.3. The number of carbonyl (C=O) groups excluding carboxylic acids is 2. The highest BCUT2D eigenvalue weighted by molar-refractivity contribution is 7.99. The van der Waals surface area contributed by atoms with E-state index in [2.05, 4.69) is 17.4 Å². The molecule has 2 aliphatic rings. The molecular formula is C15H18N2O2S. The van der Waals surface area contributed by atoms with Gasteiger partial charge in [0.15, 0.2) is 0 Å². The molecule has 1 atom stereocenters. The Kier molecular flexibility index (Phi) is 3.96. The van der Waals surface area contributed by atoms with Gasteiger partial charge in [-0.1, -0.05) is 18.2 Å². The fourth-order valence-electron chi connectivity index (χ4n) is 2.46. The van der Waals surface area contributed by atoms with Gasteiger partial charge in [-0.05, 0) is 30.9 Å². The molecule has 0 radical (unpaired) electrons. The molecule has 20 heavy (non-hydrogen) atoms. The number of thioether (sulfide) groups is 1. The summed E-state index contributed by atoms with van der Waals surface area (Å²) < 4.78 is 0. The van der Waals surface area contributed by atoms with E-state index in [0.29, 0.717) is 12.5 Å². The molecule has 1 saturated heterocycles. The van der Waals surface area contributed by atoms with E-state index < -0.39 is 0 Å². The fraction of sp³-hybridized carbons (Fsp3) is 0.467. The van der Waals surface area contributed by atoms with Crippen LogP contribution in [0.15, 0.2) is 35.2 Å². The minimum absolute atomic E-state index is 0.0220. The molecule has 0 bridgehead atoms. The van der Waals surface area contributed by atoms with E-state index in [9.17, 15) is 9.59 Å². The normalized spacial score (nSPS) is 22.8. The molecule has 1 unspecified atom stereocenters. The van der Waals surface area contributed by atoms with Crippen molar-refractivity contribution in [2.24, 2.45) is 5.92 Å². The van der Waals surface area contributed by atoms with Gasteiger partial charge in [0, 0.05) is 17.2 Å². The van der Waals surface area contributed by atoms with E-state index in [1.54, 1.807) is 16.7 Å². The number of amides is 2. The first kappa shape index (κ1) is 13.5. The van der Waals surface area contributed by atoms with Crippen molar-refractivity contribution in [2.45, 2.75) is 23.8 Å². The van der Waals surface area contributed by atoms with Gasteiger partial charge in [0.2, 0.25) is 11.8 Å². The summed E-state index contributed by atoms with van der Waals surface area (Å²) in [5, 5.41) is 2.83. The van der Waals surface area contributed by atoms with Gasteiger partial charge < -0.3 is 10.2 Å². The van der Waals surface area contributed by atoms with Crippen LogP contribution in [0.1, 0.15) is 12.8 Å². The zero-order chi connectivity index (χ0) is 13.9. The number of nitrogens with zero attached hydrogens (tertiary/aromatic N) is 1. The Morgan fingerprint density at radius 3 is 2.65 bits per heavy atom. The Hall–Kier alpha value is -1.49. The van der Waals surface area contributed by atoms with Crippen molar-refractivity contribution in [1.82, 2.24) is 10.2 Å². The average molecular weight is 290 g/mol. The van der Waals surface area contributed by atoms with Gasteiger partial charge in [-0.25, -0.2) is 0 Å². The Balaban J connectivity index is 1.53. The van der Waals surface area contributed by atoms with Crippen LogP contribution in [0.5, 0.6) is 0 Å². The predicted molar refractivity (Wildman–Crippen MR) is 78.4 cm³/mol. The standard InChI is InChI=1S/C15H18N2O2S/c18-13-10-17(15(19)14(16-13)11-6-7-11)8-9-20-12-4-2-1-3-5-12/h1-5,11,14H,6-10H2,(H,16,18). The van der Waals surface area contributed by atoms with E-state index in [0.717, 1.165) is 18.6 Å². The van der Waals surface area contributed by atoms with Crippen LogP contribution >= 0.6 is 11.8 Å². The molecular weight excluding hydrogens is 272 g/mol. The molecule has 106 valence electrons. The molecule has 5 heteroatoms. The Morgan fingerprint density at radius 2 is 1.95 bits per heavy atom. The first-order chi connectivity index (χ1) is 9.74. The summed E-state index contributed by atoms with van der Waals surface area (Å²) in [5.74, 6) is 1.27. The van der Waals surface area contributed by atoms with Crippen LogP contribution in [0.2, 0.25) is 0 Å². The lowest BCUT2D eigenvalue weighted by Gasteiger charge is -2.32. The highest BCUT2D eigenvalue weighted by atomic mass is 32.2. The van der Waals surface area contributed by atoms with E-state index >= 15 is 0 Å². The van der Waals surface area contributed by atoms with Crippen LogP contribution in [-0.4, -0.2) is 41.6 Å². The summed E-state index contributed by atoms with van der Waals surface area (Å²) in [4.78, 5) is 26.9. The summed E-state index contributed by atoms with van der Waals surface area (Å²) in [7, 11) is 0. The zero-order valence-electron chi connectivity index (χ0n) is 11.2. The molecule has 1 heterocycles. The van der Waals surface area contributed by atoms with Gasteiger partial charge >= 0.3 is 0 Å². The minimum atomic E-state index is -0.266. The van der Waals surface area contributed by atoms with Crippen LogP contribution in [0.25, 0.3) is 0 Å². The number of piperazine rings is 1. The summed E-state index contributed by atoms with van der Waals surface area (Å²) in [5.41, 5.74) is 0. The third-order valence-corrected chi connectivity index (χ3v) is 4.69. The van der Waals surface area contributed by atoms with Crippen molar-refractivity contribution in [2.75, 3.05) is 18.8 Å². The van der Waals surface area contributed by atoms with Crippen LogP contribution in [0, 0.1) is 5.92 Å². The highest BCUT2D eigenvalue weighted by Gasteiger charge is 2.42. The molecule has 1 aliphatic carbocycles. The van der Waals surface area contributed by atoms with Gasteiger partial charge in [0.25, 0.3) is 0 Å². The number of hydrogen-bond acceptors (Lipinski definition) is 3. The molecule has 1 aromatic rings. The lowest BCUT2D eigenvalue weighted by molar-refractivity contribution is -0.144. The zero-order valence-corrected chi connectivity index (χ0v) is 12.1. The summed E-state index contributed by atoms with van der Waals surface area (Å²) >= 11 is 1.72. The molecule has 1 aliphatic heterocycles. The Bertz CT molecular complexity index is 502. The van der Waals surface area contributed by atoms with Gasteiger partial charge in [0.1, 0.15) is 6.04 Å². The van der Waals surface area contributed by atoms with Crippen molar-refractivity contribution in [3.05, 3.63) is 30.3 Å². The van der Waals surface area contributed by atoms with Crippen LogP contribution < -0.4 is 5.32 Å². The van der Waals surface area contributed by atoms with E-state index in [1.807, 2.05) is 18.2 Å². The van der Waals surface area contributed by atoms with Crippen LogP contribution in [-0.2, 0) is 9.59 Å². The molecule has 4 nitrogen and oxygen atoms in total. The second kappa shape index (κ2) is 5.87. The number of rotatable bonds is 5. The second-order valence-electron chi connectivity index (χ2n) is 5.30. The maximum atomic E-state index is 12.3. The van der Waals surface area contributed by atoms with Gasteiger partial charge in [-0.3, -0.25) is 9.59 Å². The number of benzene rings is 1. The lowest BCUT2D eigenvalue weighted by atomic mass is 10.1. The number of carbonyl (C=O) groups is 2. The Labute approximate surface area is 122 Å². The van der Waals surface area contributed by atoms with E-state index in [-0.39, 0.29) is 24.4 Å². The second-order valence-corrected chi connectivity index (χ2v) is 6.47. The highest BCUT2D eigenvalue weighted by Crippen LogP contribution is 2.34. The monoisotopic (exact) mass is 290 g/mol. The van der Waals surface area contributed by atoms with Crippen LogP contribution in [0.3, 0.4) is 0 Å². The quantitative estimate of drug-likeness (QED) is 0.836. The number of nitrogens with one attached hydrogen (secondary N) is 1. The minimum Gasteiger partial charge on any atom is -0.342 e. The van der Waals surface area contributed by atoms with Crippen molar-refractivity contribution >= 4 is 23.6 Å². The van der Waals surface area contributed by atoms with E-state index in [1.165, 1.54) is 4.90 Å². The molecule has 1 saturated carbocycles. The lowest BCUT2D eigenvalue weighted by Crippen LogP contribution is -2.59. The third-order valence-electron chi connectivity index (χ3n) is 3.70. The maximum Gasteiger partial charge on any atom is 0.245 e. The molecule has 0 spiro atoms. The van der Waals surface area contributed by atoms with E-state index in [4.69, 9.17) is 0 Å². The molecule has 3 rings (SSSR count). The Morgan fingerprint density at radius 1 is 1.20 bits per heavy atom. The predicted octanol–water partition coefficient (Wildman–Crippen LogP) is 1.52. The van der Waals surface area contributed by atoms with Crippen molar-refractivity contribution in [1.29, 1.82) is 0 Å². The van der Waals surface area contributed by atoms with Crippen molar-refractivity contribution in [3.63, 3.8) is 0 Å². The van der Waals surface area contributed by atoms with Gasteiger partial charge in [-0.2, -0.15) is 0 Å². The molecule has 1 aromatic carbocycles. The molecule has 0 aromatic heterocycles. The van der Waals surface area contributed by atoms with Crippen molar-refractivity contribution < 1.29 is 9.59 Å². The third kappa shape index (κ3) is 3.15. The smallest absolute Gasteiger partial charge is 0.245 e.